The topological polar surface area (TPSA) is 30.9 Å². The molecule has 0 saturated carbocycles. The maximum Gasteiger partial charge on any atom is 0.119 e. The van der Waals surface area contributed by atoms with E-state index in [9.17, 15) is 0 Å². The minimum Gasteiger partial charge on any atom is -0.494 e. The van der Waals surface area contributed by atoms with E-state index < -0.39 is 0 Å². The molecule has 1 aromatic rings. The van der Waals surface area contributed by atoms with Gasteiger partial charge in [0.05, 0.1) is 19.8 Å². The lowest BCUT2D eigenvalue weighted by Crippen LogP contribution is -2.38. The Morgan fingerprint density at radius 2 is 1.40 bits per heavy atom. The van der Waals surface area contributed by atoms with Crippen molar-refractivity contribution in [3.8, 4) is 11.5 Å². The minimum absolute atomic E-state index is 0. The van der Waals surface area contributed by atoms with Crippen molar-refractivity contribution in [2.45, 2.75) is 45.4 Å². The highest BCUT2D eigenvalue weighted by Gasteiger charge is 2.09. The van der Waals surface area contributed by atoms with Gasteiger partial charge >= 0.3 is 0 Å². The fraction of sp³-hybridized carbons (Fsp3) is 0.700. The summed E-state index contributed by atoms with van der Waals surface area (Å²) in [6.07, 6.45) is 7.75. The molecule has 1 heterocycles. The highest BCUT2D eigenvalue weighted by atomic mass is 35.5. The molecule has 1 aromatic carbocycles. The van der Waals surface area contributed by atoms with E-state index >= 15 is 0 Å². The summed E-state index contributed by atoms with van der Waals surface area (Å²) in [5.41, 5.74) is 0. The molecule has 0 spiro atoms. The molecule has 0 amide bonds. The van der Waals surface area contributed by atoms with E-state index in [2.05, 4.69) is 11.8 Å². The zero-order valence-corrected chi connectivity index (χ0v) is 16.4. The third kappa shape index (κ3) is 9.93. The summed E-state index contributed by atoms with van der Waals surface area (Å²) in [4.78, 5) is 2.38. The summed E-state index contributed by atoms with van der Waals surface area (Å²) >= 11 is 0. The molecular weight excluding hydrogens is 338 g/mol. The largest absolute Gasteiger partial charge is 0.494 e. The van der Waals surface area contributed by atoms with Gasteiger partial charge in [-0.25, -0.2) is 0 Å². The standard InChI is InChI=1S/C20H33NO3.ClH/c1-2-3-4-5-6-7-15-23-19-8-10-20(11-9-19)24-18-14-21-12-16-22-17-13-21;/h8-11H,2-7,12-18H2,1H3;1H. The van der Waals surface area contributed by atoms with Gasteiger partial charge in [-0.1, -0.05) is 39.0 Å². The zero-order chi connectivity index (χ0) is 16.9. The lowest BCUT2D eigenvalue weighted by molar-refractivity contribution is 0.0322. The second kappa shape index (κ2) is 14.2. The SMILES string of the molecule is CCCCCCCCOc1ccc(OCCN2CCOCC2)cc1.Cl. The first kappa shape index (κ1) is 22.1. The monoisotopic (exact) mass is 371 g/mol. The van der Waals surface area contributed by atoms with E-state index in [1.54, 1.807) is 0 Å². The molecule has 1 fully saturated rings. The molecule has 144 valence electrons. The van der Waals surface area contributed by atoms with Crippen LogP contribution < -0.4 is 9.47 Å². The molecule has 0 radical (unpaired) electrons. The predicted molar refractivity (Wildman–Crippen MR) is 105 cm³/mol. The summed E-state index contributed by atoms with van der Waals surface area (Å²) in [5, 5.41) is 0. The van der Waals surface area contributed by atoms with Gasteiger partial charge in [0.25, 0.3) is 0 Å². The molecule has 2 rings (SSSR count). The zero-order valence-electron chi connectivity index (χ0n) is 15.6. The first-order valence-corrected chi connectivity index (χ1v) is 9.54. The number of ether oxygens (including phenoxy) is 3. The quantitative estimate of drug-likeness (QED) is 0.504. The molecule has 25 heavy (non-hydrogen) atoms. The van der Waals surface area contributed by atoms with Crippen molar-refractivity contribution in [2.24, 2.45) is 0 Å². The Labute approximate surface area is 159 Å². The second-order valence-electron chi connectivity index (χ2n) is 6.39. The van der Waals surface area contributed by atoms with Crippen LogP contribution in [0.5, 0.6) is 11.5 Å². The van der Waals surface area contributed by atoms with Crippen molar-refractivity contribution in [1.82, 2.24) is 4.90 Å². The molecule has 1 aliphatic rings. The average Bonchev–Trinajstić information content (AvgIpc) is 2.63. The molecule has 0 atom stereocenters. The lowest BCUT2D eigenvalue weighted by Gasteiger charge is -2.26. The third-order valence-corrected chi connectivity index (χ3v) is 4.37. The van der Waals surface area contributed by atoms with Gasteiger partial charge in [0.1, 0.15) is 18.1 Å². The number of hydrogen-bond donors (Lipinski definition) is 0. The van der Waals surface area contributed by atoms with Crippen LogP contribution in [0.15, 0.2) is 24.3 Å². The fourth-order valence-electron chi connectivity index (χ4n) is 2.82. The molecule has 0 bridgehead atoms. The van der Waals surface area contributed by atoms with E-state index in [1.807, 2.05) is 24.3 Å². The maximum absolute atomic E-state index is 5.81. The van der Waals surface area contributed by atoms with Gasteiger partial charge in [-0.3, -0.25) is 4.90 Å². The summed E-state index contributed by atoms with van der Waals surface area (Å²) < 4.78 is 16.9. The Morgan fingerprint density at radius 3 is 2.04 bits per heavy atom. The van der Waals surface area contributed by atoms with Crippen LogP contribution in [-0.2, 0) is 4.74 Å². The number of halogens is 1. The second-order valence-corrected chi connectivity index (χ2v) is 6.39. The van der Waals surface area contributed by atoms with Gasteiger partial charge in [0.15, 0.2) is 0 Å². The van der Waals surface area contributed by atoms with Gasteiger partial charge in [-0.2, -0.15) is 0 Å². The van der Waals surface area contributed by atoms with Crippen molar-refractivity contribution in [1.29, 1.82) is 0 Å². The van der Waals surface area contributed by atoms with Gasteiger partial charge in [-0.05, 0) is 30.7 Å². The van der Waals surface area contributed by atoms with E-state index in [4.69, 9.17) is 14.2 Å². The number of nitrogens with zero attached hydrogens (tertiary/aromatic N) is 1. The number of rotatable bonds is 12. The maximum atomic E-state index is 5.81. The van der Waals surface area contributed by atoms with Crippen LogP contribution in [-0.4, -0.2) is 51.0 Å². The Hall–Kier alpha value is -0.970. The van der Waals surface area contributed by atoms with E-state index in [-0.39, 0.29) is 12.4 Å². The average molecular weight is 372 g/mol. The van der Waals surface area contributed by atoms with Gasteiger partial charge < -0.3 is 14.2 Å². The molecule has 0 aromatic heterocycles. The van der Waals surface area contributed by atoms with Gasteiger partial charge in [0.2, 0.25) is 0 Å². The Morgan fingerprint density at radius 1 is 0.840 bits per heavy atom. The molecule has 4 nitrogen and oxygen atoms in total. The molecule has 0 N–H and O–H groups in total. The summed E-state index contributed by atoms with van der Waals surface area (Å²) in [6, 6.07) is 7.99. The first-order valence-electron chi connectivity index (χ1n) is 9.54. The molecule has 1 aliphatic heterocycles. The van der Waals surface area contributed by atoms with Crippen molar-refractivity contribution in [3.05, 3.63) is 24.3 Å². The highest BCUT2D eigenvalue weighted by Crippen LogP contribution is 2.18. The van der Waals surface area contributed by atoms with Crippen molar-refractivity contribution < 1.29 is 14.2 Å². The smallest absolute Gasteiger partial charge is 0.119 e. The molecule has 0 unspecified atom stereocenters. The predicted octanol–water partition coefficient (Wildman–Crippen LogP) is 4.56. The van der Waals surface area contributed by atoms with Crippen LogP contribution in [0.4, 0.5) is 0 Å². The summed E-state index contributed by atoms with van der Waals surface area (Å²) in [7, 11) is 0. The van der Waals surface area contributed by atoms with E-state index in [1.165, 1.54) is 32.1 Å². The van der Waals surface area contributed by atoms with Crippen LogP contribution in [0.25, 0.3) is 0 Å². The van der Waals surface area contributed by atoms with Crippen LogP contribution in [0, 0.1) is 0 Å². The van der Waals surface area contributed by atoms with Gasteiger partial charge in [0, 0.05) is 19.6 Å². The van der Waals surface area contributed by atoms with Crippen LogP contribution in [0.1, 0.15) is 45.4 Å². The third-order valence-electron chi connectivity index (χ3n) is 4.37. The molecule has 5 heteroatoms. The van der Waals surface area contributed by atoms with Crippen molar-refractivity contribution in [2.75, 3.05) is 46.1 Å². The Balaban J connectivity index is 0.00000312. The van der Waals surface area contributed by atoms with E-state index in [0.717, 1.165) is 64.0 Å². The highest BCUT2D eigenvalue weighted by molar-refractivity contribution is 5.85. The lowest BCUT2D eigenvalue weighted by atomic mass is 10.1. The number of hydrogen-bond acceptors (Lipinski definition) is 4. The number of morpholine rings is 1. The van der Waals surface area contributed by atoms with Crippen LogP contribution >= 0.6 is 12.4 Å². The number of unbranched alkanes of at least 4 members (excludes halogenated alkanes) is 5. The Kier molecular flexibility index (Phi) is 12.6. The molecule has 0 aliphatic carbocycles. The van der Waals surface area contributed by atoms with E-state index in [0.29, 0.717) is 0 Å². The normalized spacial score (nSPS) is 14.8. The summed E-state index contributed by atoms with van der Waals surface area (Å²) in [6.45, 7) is 8.43. The van der Waals surface area contributed by atoms with Crippen molar-refractivity contribution in [3.63, 3.8) is 0 Å². The fourth-order valence-corrected chi connectivity index (χ4v) is 2.82. The summed E-state index contributed by atoms with van der Waals surface area (Å²) in [5.74, 6) is 1.85. The van der Waals surface area contributed by atoms with Crippen molar-refractivity contribution >= 4 is 12.4 Å². The molecule has 1 saturated heterocycles. The molecular formula is C20H34ClNO3. The van der Waals surface area contributed by atoms with Gasteiger partial charge in [-0.15, -0.1) is 12.4 Å². The van der Waals surface area contributed by atoms with Crippen LogP contribution in [0.2, 0.25) is 0 Å². The Bertz CT molecular complexity index is 421. The minimum atomic E-state index is 0. The van der Waals surface area contributed by atoms with Crippen LogP contribution in [0.3, 0.4) is 0 Å². The first-order chi connectivity index (χ1) is 11.9. The number of benzene rings is 1.